The van der Waals surface area contributed by atoms with Gasteiger partial charge in [-0.3, -0.25) is 9.69 Å². The van der Waals surface area contributed by atoms with E-state index in [0.29, 0.717) is 32.5 Å². The molecule has 0 bridgehead atoms. The van der Waals surface area contributed by atoms with Crippen molar-refractivity contribution < 1.29 is 23.1 Å². The minimum absolute atomic E-state index is 0.00689. The van der Waals surface area contributed by atoms with Gasteiger partial charge in [0.1, 0.15) is 5.75 Å². The van der Waals surface area contributed by atoms with Crippen LogP contribution in [-0.2, 0) is 21.1 Å². The number of β-amino-alcohol motifs (C(OH)–C–C–N with tert-alkyl or cyclic N) is 1. The fraction of sp³-hybridized carbons (Fsp3) is 0.611. The summed E-state index contributed by atoms with van der Waals surface area (Å²) in [6, 6.07) is 7.11. The van der Waals surface area contributed by atoms with Crippen LogP contribution in [0.5, 0.6) is 5.75 Å². The summed E-state index contributed by atoms with van der Waals surface area (Å²) < 4.78 is 29.5. The maximum absolute atomic E-state index is 12.8. The number of aryl methyl sites for hydroxylation is 1. The zero-order valence-corrected chi connectivity index (χ0v) is 15.8. The van der Waals surface area contributed by atoms with Gasteiger partial charge in [-0.1, -0.05) is 12.1 Å². The highest BCUT2D eigenvalue weighted by Gasteiger charge is 2.47. The monoisotopic (exact) mass is 382 g/mol. The van der Waals surface area contributed by atoms with Crippen LogP contribution in [0.2, 0.25) is 0 Å². The average molecular weight is 382 g/mol. The van der Waals surface area contributed by atoms with Crippen molar-refractivity contribution in [2.45, 2.75) is 24.9 Å². The molecule has 0 spiro atoms. The Kier molecular flexibility index (Phi) is 5.84. The van der Waals surface area contributed by atoms with Crippen molar-refractivity contribution in [1.29, 1.82) is 0 Å². The molecular formula is C18H26N2O5S. The highest BCUT2D eigenvalue weighted by molar-refractivity contribution is 7.91. The lowest BCUT2D eigenvalue weighted by atomic mass is 10.0. The molecule has 1 amide bonds. The lowest BCUT2D eigenvalue weighted by Crippen LogP contribution is -2.61. The fourth-order valence-corrected chi connectivity index (χ4v) is 5.98. The standard InChI is InChI=1S/C18H26N2O5S/c1-25-15-4-2-3-14(11-15)5-6-18(22)20-8-7-19(9-10-21)16-12-26(23,24)13-17(16)20/h2-4,11,16-17,21H,5-10,12-13H2,1H3/t16-,17+/m1/s1. The summed E-state index contributed by atoms with van der Waals surface area (Å²) in [6.07, 6.45) is 0.938. The molecule has 3 rings (SSSR count). The number of hydrogen-bond donors (Lipinski definition) is 1. The summed E-state index contributed by atoms with van der Waals surface area (Å²) in [5.74, 6) is 0.833. The third-order valence-electron chi connectivity index (χ3n) is 5.26. The largest absolute Gasteiger partial charge is 0.497 e. The summed E-state index contributed by atoms with van der Waals surface area (Å²) >= 11 is 0. The third-order valence-corrected chi connectivity index (χ3v) is 6.96. The molecule has 2 aliphatic heterocycles. The molecule has 2 fully saturated rings. The number of methoxy groups -OCH3 is 1. The highest BCUT2D eigenvalue weighted by atomic mass is 32.2. The summed E-state index contributed by atoms with van der Waals surface area (Å²) in [7, 11) is -1.55. The number of nitrogens with zero attached hydrogens (tertiary/aromatic N) is 2. The van der Waals surface area contributed by atoms with Crippen LogP contribution in [0, 0.1) is 0 Å². The van der Waals surface area contributed by atoms with Crippen molar-refractivity contribution >= 4 is 15.7 Å². The predicted octanol–water partition coefficient (Wildman–Crippen LogP) is -0.0701. The van der Waals surface area contributed by atoms with Crippen LogP contribution >= 0.6 is 0 Å². The molecule has 0 saturated carbocycles. The Balaban J connectivity index is 1.67. The summed E-state index contributed by atoms with van der Waals surface area (Å²) in [5, 5.41) is 9.21. The Morgan fingerprint density at radius 3 is 2.77 bits per heavy atom. The number of amides is 1. The van der Waals surface area contributed by atoms with Crippen LogP contribution in [0.15, 0.2) is 24.3 Å². The number of aliphatic hydroxyl groups excluding tert-OH is 1. The topological polar surface area (TPSA) is 87.2 Å². The van der Waals surface area contributed by atoms with E-state index in [1.165, 1.54) is 0 Å². The van der Waals surface area contributed by atoms with Crippen molar-refractivity contribution in [3.8, 4) is 5.75 Å². The number of piperazine rings is 1. The van der Waals surface area contributed by atoms with Crippen molar-refractivity contribution in [3.63, 3.8) is 0 Å². The molecule has 1 N–H and O–H groups in total. The molecule has 2 atom stereocenters. The SMILES string of the molecule is COc1cccc(CCC(=O)N2CCN(CCO)[C@@H]3CS(=O)(=O)C[C@@H]32)c1. The van der Waals surface area contributed by atoms with Crippen molar-refractivity contribution in [2.75, 3.05) is 44.9 Å². The van der Waals surface area contributed by atoms with Gasteiger partial charge in [-0.25, -0.2) is 8.42 Å². The number of carbonyl (C=O) groups is 1. The second-order valence-electron chi connectivity index (χ2n) is 6.91. The zero-order valence-electron chi connectivity index (χ0n) is 15.0. The van der Waals surface area contributed by atoms with E-state index >= 15 is 0 Å². The smallest absolute Gasteiger partial charge is 0.223 e. The number of fused-ring (bicyclic) bond motifs is 1. The van der Waals surface area contributed by atoms with E-state index in [-0.39, 0.29) is 36.1 Å². The first-order valence-electron chi connectivity index (χ1n) is 8.91. The Morgan fingerprint density at radius 2 is 2.04 bits per heavy atom. The Bertz CT molecular complexity index is 752. The van der Waals surface area contributed by atoms with Gasteiger partial charge in [-0.15, -0.1) is 0 Å². The van der Waals surface area contributed by atoms with Gasteiger partial charge in [-0.05, 0) is 24.1 Å². The third kappa shape index (κ3) is 4.19. The minimum atomic E-state index is -3.16. The fourth-order valence-electron chi connectivity index (χ4n) is 3.96. The number of ether oxygens (including phenoxy) is 1. The molecule has 0 unspecified atom stereocenters. The molecule has 0 aliphatic carbocycles. The zero-order chi connectivity index (χ0) is 18.7. The second-order valence-corrected chi connectivity index (χ2v) is 9.06. The molecule has 1 aromatic rings. The first-order valence-corrected chi connectivity index (χ1v) is 10.7. The molecular weight excluding hydrogens is 356 g/mol. The normalized spacial score (nSPS) is 25.1. The molecule has 0 aromatic heterocycles. The summed E-state index contributed by atoms with van der Waals surface area (Å²) in [6.45, 7) is 1.55. The average Bonchev–Trinajstić information content (AvgIpc) is 2.95. The van der Waals surface area contributed by atoms with E-state index in [0.717, 1.165) is 11.3 Å². The predicted molar refractivity (Wildman–Crippen MR) is 97.9 cm³/mol. The van der Waals surface area contributed by atoms with Crippen molar-refractivity contribution in [3.05, 3.63) is 29.8 Å². The molecule has 26 heavy (non-hydrogen) atoms. The molecule has 144 valence electrons. The van der Waals surface area contributed by atoms with Crippen LogP contribution in [0.3, 0.4) is 0 Å². The summed E-state index contributed by atoms with van der Waals surface area (Å²) in [5.41, 5.74) is 1.02. The van der Waals surface area contributed by atoms with E-state index in [4.69, 9.17) is 4.74 Å². The summed E-state index contributed by atoms with van der Waals surface area (Å²) in [4.78, 5) is 16.5. The molecule has 2 aliphatic rings. The van der Waals surface area contributed by atoms with Crippen molar-refractivity contribution in [1.82, 2.24) is 9.80 Å². The van der Waals surface area contributed by atoms with Gasteiger partial charge in [0.2, 0.25) is 5.91 Å². The number of rotatable bonds is 6. The molecule has 7 nitrogen and oxygen atoms in total. The van der Waals surface area contributed by atoms with Gasteiger partial charge in [-0.2, -0.15) is 0 Å². The lowest BCUT2D eigenvalue weighted by molar-refractivity contribution is -0.137. The first-order chi connectivity index (χ1) is 12.4. The highest BCUT2D eigenvalue weighted by Crippen LogP contribution is 2.27. The first kappa shape index (κ1) is 19.1. The molecule has 8 heteroatoms. The number of carbonyl (C=O) groups excluding carboxylic acids is 1. The minimum Gasteiger partial charge on any atom is -0.497 e. The van der Waals surface area contributed by atoms with Crippen LogP contribution in [-0.4, -0.2) is 86.2 Å². The lowest BCUT2D eigenvalue weighted by Gasteiger charge is -2.43. The van der Waals surface area contributed by atoms with Crippen LogP contribution < -0.4 is 4.74 Å². The maximum Gasteiger partial charge on any atom is 0.223 e. The Labute approximate surface area is 154 Å². The van der Waals surface area contributed by atoms with E-state index in [2.05, 4.69) is 0 Å². The Hall–Kier alpha value is -1.64. The number of hydrogen-bond acceptors (Lipinski definition) is 6. The number of sulfone groups is 1. The molecule has 0 radical (unpaired) electrons. The van der Waals surface area contributed by atoms with E-state index in [9.17, 15) is 18.3 Å². The van der Waals surface area contributed by atoms with E-state index in [1.807, 2.05) is 29.2 Å². The molecule has 1 aromatic carbocycles. The maximum atomic E-state index is 12.8. The molecule has 2 heterocycles. The van der Waals surface area contributed by atoms with Gasteiger partial charge in [0.25, 0.3) is 0 Å². The van der Waals surface area contributed by atoms with Crippen LogP contribution in [0.25, 0.3) is 0 Å². The van der Waals surface area contributed by atoms with E-state index in [1.54, 1.807) is 12.0 Å². The number of benzene rings is 1. The second kappa shape index (κ2) is 7.94. The quantitative estimate of drug-likeness (QED) is 0.741. The van der Waals surface area contributed by atoms with Crippen molar-refractivity contribution in [2.24, 2.45) is 0 Å². The number of aliphatic hydroxyl groups is 1. The van der Waals surface area contributed by atoms with Crippen LogP contribution in [0.1, 0.15) is 12.0 Å². The van der Waals surface area contributed by atoms with Gasteiger partial charge >= 0.3 is 0 Å². The van der Waals surface area contributed by atoms with E-state index < -0.39 is 9.84 Å². The van der Waals surface area contributed by atoms with Gasteiger partial charge in [0.15, 0.2) is 9.84 Å². The van der Waals surface area contributed by atoms with Crippen LogP contribution in [0.4, 0.5) is 0 Å². The Morgan fingerprint density at radius 1 is 1.27 bits per heavy atom. The van der Waals surface area contributed by atoms with Gasteiger partial charge < -0.3 is 14.7 Å². The molecule has 2 saturated heterocycles. The van der Waals surface area contributed by atoms with Gasteiger partial charge in [0, 0.05) is 32.1 Å². The van der Waals surface area contributed by atoms with Gasteiger partial charge in [0.05, 0.1) is 31.3 Å².